The molecule has 1 aliphatic rings. The Morgan fingerprint density at radius 2 is 1.95 bits per heavy atom. The number of aromatic nitrogens is 1. The van der Waals surface area contributed by atoms with E-state index in [-0.39, 0.29) is 6.04 Å². The number of likely N-dealkylation sites (tertiary alicyclic amines) is 1. The molecule has 3 rings (SSSR count). The smallest absolute Gasteiger partial charge is 0.128 e. The van der Waals surface area contributed by atoms with Gasteiger partial charge >= 0.3 is 0 Å². The lowest BCUT2D eigenvalue weighted by Gasteiger charge is -2.24. The number of benzene rings is 1. The molecular weight excluding hydrogens is 274 g/mol. The number of pyridine rings is 1. The Morgan fingerprint density at radius 3 is 2.71 bits per heavy atom. The molecule has 2 unspecified atom stereocenters. The van der Waals surface area contributed by atoms with Crippen molar-refractivity contribution in [3.8, 4) is 0 Å². The van der Waals surface area contributed by atoms with E-state index >= 15 is 0 Å². The Bertz CT molecular complexity index is 621. The van der Waals surface area contributed by atoms with Crippen LogP contribution >= 0.6 is 0 Å². The van der Waals surface area contributed by atoms with Crippen LogP contribution in [0, 0.1) is 11.6 Å². The zero-order chi connectivity index (χ0) is 14.8. The molecule has 1 fully saturated rings. The van der Waals surface area contributed by atoms with Crippen LogP contribution in [-0.2, 0) is 6.54 Å². The molecule has 1 aromatic carbocycles. The molecule has 110 valence electrons. The summed E-state index contributed by atoms with van der Waals surface area (Å²) in [5.74, 6) is -0.896. The Balaban J connectivity index is 1.87. The molecule has 0 amide bonds. The monoisotopic (exact) mass is 290 g/mol. The molecule has 5 heteroatoms. The first kappa shape index (κ1) is 14.1. The number of halogens is 2. The van der Waals surface area contributed by atoms with Gasteiger partial charge in [0.25, 0.3) is 0 Å². The third-order valence-electron chi connectivity index (χ3n) is 3.83. The van der Waals surface area contributed by atoms with Gasteiger partial charge in [0.05, 0.1) is 6.10 Å². The van der Waals surface area contributed by atoms with E-state index in [4.69, 9.17) is 0 Å². The molecule has 0 saturated carbocycles. The quantitative estimate of drug-likeness (QED) is 0.944. The zero-order valence-electron chi connectivity index (χ0n) is 11.4. The van der Waals surface area contributed by atoms with Gasteiger partial charge in [-0.3, -0.25) is 9.88 Å². The molecule has 2 atom stereocenters. The lowest BCUT2D eigenvalue weighted by Crippen LogP contribution is -2.25. The maximum atomic E-state index is 14.0. The van der Waals surface area contributed by atoms with Gasteiger partial charge in [-0.1, -0.05) is 0 Å². The Morgan fingerprint density at radius 1 is 1.19 bits per heavy atom. The summed E-state index contributed by atoms with van der Waals surface area (Å²) in [5, 5.41) is 9.90. The Hall–Kier alpha value is -1.85. The summed E-state index contributed by atoms with van der Waals surface area (Å²) in [5.41, 5.74) is 1.33. The first-order valence-electron chi connectivity index (χ1n) is 6.89. The van der Waals surface area contributed by atoms with Crippen molar-refractivity contribution >= 4 is 0 Å². The molecule has 1 saturated heterocycles. The summed E-state index contributed by atoms with van der Waals surface area (Å²) in [6, 6.07) is 6.91. The highest BCUT2D eigenvalue weighted by Crippen LogP contribution is 2.35. The molecule has 0 spiro atoms. The summed E-state index contributed by atoms with van der Waals surface area (Å²) >= 11 is 0. The highest BCUT2D eigenvalue weighted by Gasteiger charge is 2.33. The van der Waals surface area contributed by atoms with E-state index in [1.54, 1.807) is 12.4 Å². The summed E-state index contributed by atoms with van der Waals surface area (Å²) in [4.78, 5) is 5.93. The van der Waals surface area contributed by atoms with E-state index in [0.29, 0.717) is 25.1 Å². The third kappa shape index (κ3) is 3.09. The maximum absolute atomic E-state index is 14.0. The summed E-state index contributed by atoms with van der Waals surface area (Å²) in [6.07, 6.45) is 3.27. The maximum Gasteiger partial charge on any atom is 0.128 e. The fourth-order valence-electron chi connectivity index (χ4n) is 2.87. The van der Waals surface area contributed by atoms with Crippen molar-refractivity contribution < 1.29 is 13.9 Å². The molecule has 0 bridgehead atoms. The van der Waals surface area contributed by atoms with Crippen LogP contribution in [0.4, 0.5) is 8.78 Å². The van der Waals surface area contributed by atoms with Gasteiger partial charge in [0.15, 0.2) is 0 Å². The van der Waals surface area contributed by atoms with Crippen molar-refractivity contribution in [1.82, 2.24) is 9.88 Å². The summed E-state index contributed by atoms with van der Waals surface area (Å²) in [7, 11) is 0. The van der Waals surface area contributed by atoms with Crippen molar-refractivity contribution in [1.29, 1.82) is 0 Å². The van der Waals surface area contributed by atoms with Crippen molar-refractivity contribution in [3.63, 3.8) is 0 Å². The number of β-amino-alcohol motifs (C(OH)–C–C–N with tert-alkyl or cyclic N) is 1. The molecular formula is C16H16F2N2O. The van der Waals surface area contributed by atoms with Crippen LogP contribution in [0.25, 0.3) is 0 Å². The number of aliphatic hydroxyl groups is 1. The van der Waals surface area contributed by atoms with Crippen LogP contribution in [0.15, 0.2) is 42.7 Å². The van der Waals surface area contributed by atoms with Gasteiger partial charge in [-0.25, -0.2) is 8.78 Å². The minimum absolute atomic E-state index is 0.306. The topological polar surface area (TPSA) is 36.4 Å². The number of aliphatic hydroxyl groups excluding tert-OH is 1. The zero-order valence-corrected chi connectivity index (χ0v) is 11.4. The predicted octanol–water partition coefficient (Wildman–Crippen LogP) is 2.67. The van der Waals surface area contributed by atoms with Gasteiger partial charge in [-0.05, 0) is 42.3 Å². The standard InChI is InChI=1S/C16H16F2N2O/c17-12-1-2-15(18)14(7-12)16-8-13(21)10-20(16)9-11-3-5-19-6-4-11/h1-7,13,16,21H,8-10H2. The molecule has 2 aromatic rings. The van der Waals surface area contributed by atoms with E-state index in [9.17, 15) is 13.9 Å². The third-order valence-corrected chi connectivity index (χ3v) is 3.83. The molecule has 1 aliphatic heterocycles. The second-order valence-corrected chi connectivity index (χ2v) is 5.36. The minimum atomic E-state index is -0.528. The van der Waals surface area contributed by atoms with E-state index < -0.39 is 17.7 Å². The van der Waals surface area contributed by atoms with Gasteiger partial charge in [0, 0.05) is 37.1 Å². The molecule has 2 heterocycles. The van der Waals surface area contributed by atoms with Crippen molar-refractivity contribution in [2.75, 3.05) is 6.54 Å². The largest absolute Gasteiger partial charge is 0.392 e. The first-order chi connectivity index (χ1) is 10.1. The minimum Gasteiger partial charge on any atom is -0.392 e. The number of hydrogen-bond donors (Lipinski definition) is 1. The SMILES string of the molecule is OC1CC(c2cc(F)ccc2F)N(Cc2ccncc2)C1. The lowest BCUT2D eigenvalue weighted by atomic mass is 10.0. The van der Waals surface area contributed by atoms with E-state index in [1.165, 1.54) is 6.07 Å². The average molecular weight is 290 g/mol. The highest BCUT2D eigenvalue weighted by molar-refractivity contribution is 5.24. The van der Waals surface area contributed by atoms with E-state index in [2.05, 4.69) is 4.98 Å². The van der Waals surface area contributed by atoms with Crippen molar-refractivity contribution in [3.05, 3.63) is 65.5 Å². The van der Waals surface area contributed by atoms with Crippen LogP contribution in [0.2, 0.25) is 0 Å². The highest BCUT2D eigenvalue weighted by atomic mass is 19.1. The van der Waals surface area contributed by atoms with E-state index in [0.717, 1.165) is 17.7 Å². The van der Waals surface area contributed by atoms with Crippen LogP contribution in [0.5, 0.6) is 0 Å². The molecule has 0 aliphatic carbocycles. The van der Waals surface area contributed by atoms with E-state index in [1.807, 2.05) is 17.0 Å². The van der Waals surface area contributed by atoms with Gasteiger partial charge in [0.2, 0.25) is 0 Å². The number of nitrogens with zero attached hydrogens (tertiary/aromatic N) is 2. The fraction of sp³-hybridized carbons (Fsp3) is 0.312. The second kappa shape index (κ2) is 5.87. The molecule has 0 radical (unpaired) electrons. The van der Waals surface area contributed by atoms with Gasteiger partial charge in [0.1, 0.15) is 11.6 Å². The second-order valence-electron chi connectivity index (χ2n) is 5.36. The summed E-state index contributed by atoms with van der Waals surface area (Å²) in [6.45, 7) is 1.02. The van der Waals surface area contributed by atoms with Gasteiger partial charge in [-0.2, -0.15) is 0 Å². The van der Waals surface area contributed by atoms with Crippen LogP contribution in [0.3, 0.4) is 0 Å². The van der Waals surface area contributed by atoms with Gasteiger partial charge < -0.3 is 5.11 Å². The van der Waals surface area contributed by atoms with Crippen molar-refractivity contribution in [2.45, 2.75) is 25.1 Å². The van der Waals surface area contributed by atoms with Gasteiger partial charge in [-0.15, -0.1) is 0 Å². The normalized spacial score (nSPS) is 22.6. The van der Waals surface area contributed by atoms with Crippen LogP contribution in [-0.4, -0.2) is 27.6 Å². The fourth-order valence-corrected chi connectivity index (χ4v) is 2.87. The van der Waals surface area contributed by atoms with Crippen molar-refractivity contribution in [2.24, 2.45) is 0 Å². The summed E-state index contributed by atoms with van der Waals surface area (Å²) < 4.78 is 27.4. The van der Waals surface area contributed by atoms with Crippen LogP contribution < -0.4 is 0 Å². The number of rotatable bonds is 3. The lowest BCUT2D eigenvalue weighted by molar-refractivity contribution is 0.172. The molecule has 3 nitrogen and oxygen atoms in total. The predicted molar refractivity (Wildman–Crippen MR) is 74.4 cm³/mol. The Labute approximate surface area is 121 Å². The molecule has 1 N–H and O–H groups in total. The number of hydrogen-bond acceptors (Lipinski definition) is 3. The molecule has 21 heavy (non-hydrogen) atoms. The van der Waals surface area contributed by atoms with Crippen LogP contribution in [0.1, 0.15) is 23.6 Å². The Kier molecular flexibility index (Phi) is 3.94. The average Bonchev–Trinajstić information content (AvgIpc) is 2.83. The molecule has 1 aromatic heterocycles. The first-order valence-corrected chi connectivity index (χ1v) is 6.89.